The zero-order valence-electron chi connectivity index (χ0n) is 11.4. The zero-order chi connectivity index (χ0) is 13.2. The molecule has 102 valence electrons. The summed E-state index contributed by atoms with van der Waals surface area (Å²) in [5, 5.41) is 0.919. The molecule has 3 heteroatoms. The van der Waals surface area contributed by atoms with Crippen LogP contribution in [-0.4, -0.2) is 27.4 Å². The highest BCUT2D eigenvalue weighted by molar-refractivity contribution is 9.08. The number of rotatable bonds is 9. The first-order valence-corrected chi connectivity index (χ1v) is 7.58. The van der Waals surface area contributed by atoms with Gasteiger partial charge in [0.05, 0.1) is 0 Å². The predicted molar refractivity (Wildman–Crippen MR) is 79.5 cm³/mol. The third-order valence-corrected chi connectivity index (χ3v) is 3.54. The van der Waals surface area contributed by atoms with Crippen LogP contribution in [0, 0.1) is 0 Å². The van der Waals surface area contributed by atoms with Gasteiger partial charge in [-0.15, -0.1) is 0 Å². The normalized spacial score (nSPS) is 10.8. The van der Waals surface area contributed by atoms with Gasteiger partial charge in [-0.3, -0.25) is 0 Å². The lowest BCUT2D eigenvalue weighted by atomic mass is 10.0. The Balaban J connectivity index is 2.62. The summed E-state index contributed by atoms with van der Waals surface area (Å²) >= 11 is 3.54. The maximum atomic E-state index is 5.10. The maximum absolute atomic E-state index is 5.10. The van der Waals surface area contributed by atoms with Crippen molar-refractivity contribution in [2.75, 3.05) is 27.4 Å². The molecule has 2 nitrogen and oxygen atoms in total. The second-order valence-corrected chi connectivity index (χ2v) is 5.04. The molecule has 0 unspecified atom stereocenters. The van der Waals surface area contributed by atoms with Crippen molar-refractivity contribution in [2.24, 2.45) is 0 Å². The smallest absolute Gasteiger partial charge is 0.0465 e. The van der Waals surface area contributed by atoms with E-state index in [9.17, 15) is 0 Å². The fraction of sp³-hybridized carbons (Fsp3) is 0.600. The van der Waals surface area contributed by atoms with Gasteiger partial charge in [0.25, 0.3) is 0 Å². The van der Waals surface area contributed by atoms with Gasteiger partial charge in [-0.25, -0.2) is 0 Å². The first-order valence-electron chi connectivity index (χ1n) is 6.45. The molecule has 0 spiro atoms. The van der Waals surface area contributed by atoms with E-state index in [2.05, 4.69) is 34.1 Å². The highest BCUT2D eigenvalue weighted by Gasteiger charge is 2.01. The summed E-state index contributed by atoms with van der Waals surface area (Å²) < 4.78 is 10.2. The van der Waals surface area contributed by atoms with E-state index in [1.165, 1.54) is 16.7 Å². The van der Waals surface area contributed by atoms with E-state index in [0.29, 0.717) is 0 Å². The predicted octanol–water partition coefficient (Wildman–Crippen LogP) is 3.74. The van der Waals surface area contributed by atoms with E-state index < -0.39 is 0 Å². The van der Waals surface area contributed by atoms with E-state index >= 15 is 0 Å². The highest BCUT2D eigenvalue weighted by Crippen LogP contribution is 2.16. The Morgan fingerprint density at radius 2 is 1.28 bits per heavy atom. The molecule has 0 heterocycles. The third-order valence-electron chi connectivity index (χ3n) is 2.89. The van der Waals surface area contributed by atoms with Gasteiger partial charge in [0.1, 0.15) is 0 Å². The Kier molecular flexibility index (Phi) is 8.31. The van der Waals surface area contributed by atoms with Crippen LogP contribution >= 0.6 is 15.9 Å². The van der Waals surface area contributed by atoms with Gasteiger partial charge in [-0.05, 0) is 42.4 Å². The number of benzene rings is 1. The molecule has 0 fully saturated rings. The average Bonchev–Trinajstić information content (AvgIpc) is 2.39. The van der Waals surface area contributed by atoms with Crippen molar-refractivity contribution < 1.29 is 9.47 Å². The van der Waals surface area contributed by atoms with Crippen LogP contribution in [0.2, 0.25) is 0 Å². The second kappa shape index (κ2) is 9.54. The summed E-state index contributed by atoms with van der Waals surface area (Å²) in [6, 6.07) is 6.88. The molecule has 0 aromatic heterocycles. The van der Waals surface area contributed by atoms with Crippen LogP contribution in [0.15, 0.2) is 18.2 Å². The molecule has 0 amide bonds. The summed E-state index contributed by atoms with van der Waals surface area (Å²) in [6.07, 6.45) is 4.34. The van der Waals surface area contributed by atoms with Gasteiger partial charge in [0, 0.05) is 32.8 Å². The van der Waals surface area contributed by atoms with Crippen molar-refractivity contribution in [1.82, 2.24) is 0 Å². The number of alkyl halides is 1. The van der Waals surface area contributed by atoms with Crippen LogP contribution in [0.25, 0.3) is 0 Å². The molecule has 1 aromatic rings. The minimum absolute atomic E-state index is 0.831. The number of methoxy groups -OCH3 is 2. The topological polar surface area (TPSA) is 18.5 Å². The van der Waals surface area contributed by atoms with Crippen molar-refractivity contribution >= 4 is 15.9 Å². The molecular formula is C15H23BrO2. The van der Waals surface area contributed by atoms with Crippen molar-refractivity contribution in [2.45, 2.75) is 31.0 Å². The lowest BCUT2D eigenvalue weighted by Gasteiger charge is -2.08. The molecule has 18 heavy (non-hydrogen) atoms. The molecule has 1 rings (SSSR count). The monoisotopic (exact) mass is 314 g/mol. The Morgan fingerprint density at radius 1 is 0.833 bits per heavy atom. The van der Waals surface area contributed by atoms with Gasteiger partial charge < -0.3 is 9.47 Å². The minimum atomic E-state index is 0.831. The molecule has 0 aliphatic rings. The summed E-state index contributed by atoms with van der Waals surface area (Å²) in [5.74, 6) is 0. The number of aryl methyl sites for hydroxylation is 2. The standard InChI is InChI=1S/C15H23BrO2/c1-17-7-3-5-13-9-14(6-4-8-18-2)11-15(10-13)12-16/h9-11H,3-8,12H2,1-2H3. The summed E-state index contributed by atoms with van der Waals surface area (Å²) in [6.45, 7) is 1.66. The average molecular weight is 315 g/mol. The molecule has 0 aliphatic carbocycles. The van der Waals surface area contributed by atoms with Crippen molar-refractivity contribution in [3.8, 4) is 0 Å². The number of halogens is 1. The Bertz CT molecular complexity index is 311. The van der Waals surface area contributed by atoms with E-state index in [4.69, 9.17) is 9.47 Å². The molecular weight excluding hydrogens is 292 g/mol. The van der Waals surface area contributed by atoms with E-state index in [1.54, 1.807) is 14.2 Å². The first-order chi connectivity index (χ1) is 8.80. The summed E-state index contributed by atoms with van der Waals surface area (Å²) in [5.41, 5.74) is 4.19. The molecule has 0 N–H and O–H groups in total. The summed E-state index contributed by atoms with van der Waals surface area (Å²) in [4.78, 5) is 0. The van der Waals surface area contributed by atoms with E-state index in [0.717, 1.165) is 44.2 Å². The van der Waals surface area contributed by atoms with Crippen LogP contribution < -0.4 is 0 Å². The molecule has 0 saturated carbocycles. The first kappa shape index (κ1) is 15.7. The quantitative estimate of drug-likeness (QED) is 0.510. The maximum Gasteiger partial charge on any atom is 0.0465 e. The van der Waals surface area contributed by atoms with Gasteiger partial charge in [-0.1, -0.05) is 34.1 Å². The van der Waals surface area contributed by atoms with Gasteiger partial charge in [0.2, 0.25) is 0 Å². The van der Waals surface area contributed by atoms with Gasteiger partial charge >= 0.3 is 0 Å². The van der Waals surface area contributed by atoms with E-state index in [-0.39, 0.29) is 0 Å². The largest absolute Gasteiger partial charge is 0.385 e. The molecule has 0 bridgehead atoms. The van der Waals surface area contributed by atoms with Gasteiger partial charge in [0.15, 0.2) is 0 Å². The van der Waals surface area contributed by atoms with Crippen LogP contribution in [0.4, 0.5) is 0 Å². The minimum Gasteiger partial charge on any atom is -0.385 e. The fourth-order valence-electron chi connectivity index (χ4n) is 2.05. The molecule has 0 aliphatic heterocycles. The molecule has 0 radical (unpaired) electrons. The van der Waals surface area contributed by atoms with Crippen LogP contribution in [0.5, 0.6) is 0 Å². The Morgan fingerprint density at radius 3 is 1.67 bits per heavy atom. The summed E-state index contributed by atoms with van der Waals surface area (Å²) in [7, 11) is 3.51. The van der Waals surface area contributed by atoms with Crippen molar-refractivity contribution in [1.29, 1.82) is 0 Å². The lowest BCUT2D eigenvalue weighted by molar-refractivity contribution is 0.195. The van der Waals surface area contributed by atoms with Crippen LogP contribution in [-0.2, 0) is 27.6 Å². The number of hydrogen-bond acceptors (Lipinski definition) is 2. The van der Waals surface area contributed by atoms with Crippen molar-refractivity contribution in [3.05, 3.63) is 34.9 Å². The lowest BCUT2D eigenvalue weighted by Crippen LogP contribution is -1.98. The van der Waals surface area contributed by atoms with Crippen molar-refractivity contribution in [3.63, 3.8) is 0 Å². The fourth-order valence-corrected chi connectivity index (χ4v) is 2.37. The highest BCUT2D eigenvalue weighted by atomic mass is 79.9. The van der Waals surface area contributed by atoms with E-state index in [1.807, 2.05) is 0 Å². The number of hydrogen-bond donors (Lipinski definition) is 0. The zero-order valence-corrected chi connectivity index (χ0v) is 13.0. The third kappa shape index (κ3) is 5.98. The SMILES string of the molecule is COCCCc1cc(CBr)cc(CCCOC)c1. The van der Waals surface area contributed by atoms with Crippen LogP contribution in [0.1, 0.15) is 29.5 Å². The second-order valence-electron chi connectivity index (χ2n) is 4.48. The van der Waals surface area contributed by atoms with Gasteiger partial charge in [-0.2, -0.15) is 0 Å². The number of ether oxygens (including phenoxy) is 2. The molecule has 1 aromatic carbocycles. The molecule has 0 saturated heterocycles. The van der Waals surface area contributed by atoms with Crippen LogP contribution in [0.3, 0.4) is 0 Å². The molecule has 0 atom stereocenters. The Labute approximate surface area is 119 Å². The Hall–Kier alpha value is -0.380.